The maximum atomic E-state index is 11.7. The van der Waals surface area contributed by atoms with E-state index in [2.05, 4.69) is 3.97 Å². The molecule has 1 aromatic carbocycles. The third-order valence-electron chi connectivity index (χ3n) is 1.96. The first-order valence-electron chi connectivity index (χ1n) is 5.00. The molecule has 0 spiro atoms. The summed E-state index contributed by atoms with van der Waals surface area (Å²) in [5.74, 6) is 0. The van der Waals surface area contributed by atoms with Crippen molar-refractivity contribution in [2.24, 2.45) is 5.73 Å². The molecule has 6 nitrogen and oxygen atoms in total. The van der Waals surface area contributed by atoms with E-state index in [1.807, 2.05) is 0 Å². The lowest BCUT2D eigenvalue weighted by Gasteiger charge is -2.11. The van der Waals surface area contributed by atoms with Gasteiger partial charge in [-0.05, 0) is 37.2 Å². The summed E-state index contributed by atoms with van der Waals surface area (Å²) >= 11 is 5.61. The van der Waals surface area contributed by atoms with Crippen LogP contribution in [-0.4, -0.2) is 26.0 Å². The van der Waals surface area contributed by atoms with Gasteiger partial charge in [-0.1, -0.05) is 11.6 Å². The molecule has 1 atom stereocenters. The van der Waals surface area contributed by atoms with Crippen LogP contribution in [0.3, 0.4) is 0 Å². The number of rotatable bonds is 6. The van der Waals surface area contributed by atoms with Crippen molar-refractivity contribution in [2.75, 3.05) is 12.7 Å². The number of hydrogen-bond donors (Lipinski definition) is 2. The minimum Gasteiger partial charge on any atom is -0.330 e. The Morgan fingerprint density at radius 2 is 1.89 bits per heavy atom. The van der Waals surface area contributed by atoms with Crippen molar-refractivity contribution in [3.8, 4) is 0 Å². The molecular weight excluding hydrogens is 301 g/mol. The number of nitrogens with two attached hydrogens (primary N) is 1. The number of benzene rings is 1. The predicted octanol–water partition coefficient (Wildman–Crippen LogP) is 1.58. The van der Waals surface area contributed by atoms with Crippen LogP contribution in [0.15, 0.2) is 29.2 Å². The highest BCUT2D eigenvalue weighted by Crippen LogP contribution is 2.45. The van der Waals surface area contributed by atoms with Gasteiger partial charge in [-0.3, -0.25) is 4.57 Å². The van der Waals surface area contributed by atoms with Crippen LogP contribution in [-0.2, 0) is 18.7 Å². The minimum atomic E-state index is -4.28. The van der Waals surface area contributed by atoms with Crippen LogP contribution in [0.25, 0.3) is 0 Å². The Hall–Kier alpha value is -0.430. The first-order chi connectivity index (χ1) is 8.27. The Kier molecular flexibility index (Phi) is 5.33. The van der Waals surface area contributed by atoms with E-state index in [0.29, 0.717) is 5.02 Å². The average molecular weight is 314 g/mol. The molecule has 9 heteroatoms. The minimum absolute atomic E-state index is 0.175. The molecule has 0 saturated heterocycles. The SMILES string of the molecule is NCCCP(=O)(O)OS(=O)(=O)c1ccc(Cl)cc1. The molecule has 0 aliphatic carbocycles. The van der Waals surface area contributed by atoms with Crippen LogP contribution < -0.4 is 5.73 Å². The van der Waals surface area contributed by atoms with E-state index in [9.17, 15) is 17.9 Å². The molecule has 0 bridgehead atoms. The van der Waals surface area contributed by atoms with Crippen molar-refractivity contribution >= 4 is 29.3 Å². The van der Waals surface area contributed by atoms with E-state index >= 15 is 0 Å². The van der Waals surface area contributed by atoms with Crippen LogP contribution in [0.1, 0.15) is 6.42 Å². The van der Waals surface area contributed by atoms with Gasteiger partial charge < -0.3 is 10.6 Å². The molecule has 0 aliphatic heterocycles. The van der Waals surface area contributed by atoms with Crippen LogP contribution in [0, 0.1) is 0 Å². The first-order valence-corrected chi connectivity index (χ1v) is 8.55. The maximum absolute atomic E-state index is 11.7. The fourth-order valence-electron chi connectivity index (χ4n) is 1.13. The van der Waals surface area contributed by atoms with E-state index in [0.717, 1.165) is 0 Å². The molecule has 102 valence electrons. The fourth-order valence-corrected chi connectivity index (χ4v) is 4.17. The quantitative estimate of drug-likeness (QED) is 0.772. The lowest BCUT2D eigenvalue weighted by atomic mass is 10.4. The maximum Gasteiger partial charge on any atom is 0.343 e. The summed E-state index contributed by atoms with van der Waals surface area (Å²) in [5, 5.41) is 0.351. The Balaban J connectivity index is 2.88. The zero-order valence-electron chi connectivity index (χ0n) is 9.32. The molecule has 1 rings (SSSR count). The van der Waals surface area contributed by atoms with Gasteiger partial charge in [-0.25, -0.2) is 0 Å². The summed E-state index contributed by atoms with van der Waals surface area (Å²) in [5.41, 5.74) is 5.18. The Morgan fingerprint density at radius 3 is 2.39 bits per heavy atom. The van der Waals surface area contributed by atoms with E-state index in [-0.39, 0.29) is 24.0 Å². The van der Waals surface area contributed by atoms with Gasteiger partial charge in [-0.2, -0.15) is 12.4 Å². The second kappa shape index (κ2) is 6.14. The number of hydrogen-bond acceptors (Lipinski definition) is 5. The molecule has 0 amide bonds. The molecule has 1 unspecified atom stereocenters. The molecular formula is C9H13ClNO5PS. The average Bonchev–Trinajstić information content (AvgIpc) is 2.25. The first kappa shape index (κ1) is 15.6. The molecule has 0 aliphatic rings. The van der Waals surface area contributed by atoms with Crippen molar-refractivity contribution in [1.29, 1.82) is 0 Å². The predicted molar refractivity (Wildman–Crippen MR) is 68.1 cm³/mol. The lowest BCUT2D eigenvalue weighted by molar-refractivity contribution is 0.375. The van der Waals surface area contributed by atoms with Crippen molar-refractivity contribution in [1.82, 2.24) is 0 Å². The van der Waals surface area contributed by atoms with E-state index in [1.54, 1.807) is 0 Å². The summed E-state index contributed by atoms with van der Waals surface area (Å²) in [7, 11) is -8.49. The van der Waals surface area contributed by atoms with Gasteiger partial charge in [0.2, 0.25) is 0 Å². The smallest absolute Gasteiger partial charge is 0.330 e. The van der Waals surface area contributed by atoms with Gasteiger partial charge >= 0.3 is 17.7 Å². The highest BCUT2D eigenvalue weighted by atomic mass is 35.5. The summed E-state index contributed by atoms with van der Waals surface area (Å²) < 4.78 is 39.2. The zero-order chi connectivity index (χ0) is 13.8. The lowest BCUT2D eigenvalue weighted by Crippen LogP contribution is -2.08. The number of halogens is 1. The van der Waals surface area contributed by atoms with Crippen LogP contribution in [0.5, 0.6) is 0 Å². The summed E-state index contributed by atoms with van der Waals surface area (Å²) in [4.78, 5) is 9.14. The second-order valence-corrected chi connectivity index (χ2v) is 7.62. The van der Waals surface area contributed by atoms with Crippen molar-refractivity contribution in [2.45, 2.75) is 11.3 Å². The monoisotopic (exact) mass is 313 g/mol. The van der Waals surface area contributed by atoms with E-state index in [4.69, 9.17) is 17.3 Å². The highest BCUT2D eigenvalue weighted by Gasteiger charge is 2.28. The standard InChI is InChI=1S/C9H13ClNO5PS/c10-8-2-4-9(5-3-8)18(14,15)16-17(12,13)7-1-6-11/h2-5H,1,6-7,11H2,(H,12,13). The van der Waals surface area contributed by atoms with E-state index in [1.165, 1.54) is 24.3 Å². The van der Waals surface area contributed by atoms with Gasteiger partial charge in [0.05, 0.1) is 11.1 Å². The van der Waals surface area contributed by atoms with Crippen LogP contribution in [0.2, 0.25) is 5.02 Å². The topological polar surface area (TPSA) is 107 Å². The molecule has 0 aromatic heterocycles. The normalized spacial score (nSPS) is 15.3. The molecule has 0 saturated carbocycles. The summed E-state index contributed by atoms with van der Waals surface area (Å²) in [6, 6.07) is 5.08. The Morgan fingerprint density at radius 1 is 1.33 bits per heavy atom. The van der Waals surface area contributed by atoms with E-state index < -0.39 is 17.7 Å². The molecule has 1 aromatic rings. The third kappa shape index (κ3) is 4.68. The molecule has 0 heterocycles. The van der Waals surface area contributed by atoms with Gasteiger partial charge in [0.1, 0.15) is 0 Å². The second-order valence-electron chi connectivity index (χ2n) is 3.49. The van der Waals surface area contributed by atoms with Gasteiger partial charge in [-0.15, -0.1) is 0 Å². The van der Waals surface area contributed by atoms with Crippen molar-refractivity contribution in [3.63, 3.8) is 0 Å². The molecule has 18 heavy (non-hydrogen) atoms. The Bertz CT molecular complexity index is 545. The fraction of sp³-hybridized carbons (Fsp3) is 0.333. The molecule has 0 radical (unpaired) electrons. The van der Waals surface area contributed by atoms with Gasteiger partial charge in [0, 0.05) is 5.02 Å². The summed E-state index contributed by atoms with van der Waals surface area (Å²) in [6.45, 7) is 0.175. The Labute approximate surface area is 110 Å². The van der Waals surface area contributed by atoms with Gasteiger partial charge in [0.25, 0.3) is 0 Å². The molecule has 3 N–H and O–H groups in total. The van der Waals surface area contributed by atoms with Crippen LogP contribution in [0.4, 0.5) is 0 Å². The largest absolute Gasteiger partial charge is 0.343 e. The summed E-state index contributed by atoms with van der Waals surface area (Å²) in [6.07, 6.45) is -0.111. The van der Waals surface area contributed by atoms with Gasteiger partial charge in [0.15, 0.2) is 0 Å². The third-order valence-corrected chi connectivity index (χ3v) is 5.66. The molecule has 0 fully saturated rings. The van der Waals surface area contributed by atoms with Crippen molar-refractivity contribution in [3.05, 3.63) is 29.3 Å². The highest BCUT2D eigenvalue weighted by molar-refractivity contribution is 7.91. The van der Waals surface area contributed by atoms with Crippen molar-refractivity contribution < 1.29 is 21.8 Å². The zero-order valence-corrected chi connectivity index (χ0v) is 11.8. The van der Waals surface area contributed by atoms with Crippen LogP contribution >= 0.6 is 19.2 Å².